The number of carbonyl (C=O) groups excluding carboxylic acids is 2. The highest BCUT2D eigenvalue weighted by Crippen LogP contribution is 2.46. The molecule has 110 valence electrons. The maximum Gasteiger partial charge on any atom is 0.341 e. The molecular weight excluding hydrogens is 276 g/mol. The quantitative estimate of drug-likeness (QED) is 0.788. The van der Waals surface area contributed by atoms with Crippen LogP contribution in [0, 0.1) is 5.41 Å². The van der Waals surface area contributed by atoms with Crippen molar-refractivity contribution < 1.29 is 14.3 Å². The van der Waals surface area contributed by atoms with Gasteiger partial charge in [-0.3, -0.25) is 4.79 Å². The lowest BCUT2D eigenvalue weighted by molar-refractivity contribution is -0.120. The molecule has 20 heavy (non-hydrogen) atoms. The van der Waals surface area contributed by atoms with E-state index in [0.29, 0.717) is 23.7 Å². The highest BCUT2D eigenvalue weighted by atomic mass is 32.1. The molecule has 1 heterocycles. The van der Waals surface area contributed by atoms with Crippen molar-refractivity contribution in [3.8, 4) is 0 Å². The second-order valence-corrected chi connectivity index (χ2v) is 6.10. The summed E-state index contributed by atoms with van der Waals surface area (Å²) in [7, 11) is 0. The number of esters is 1. The van der Waals surface area contributed by atoms with Crippen LogP contribution in [0.2, 0.25) is 0 Å². The van der Waals surface area contributed by atoms with Crippen molar-refractivity contribution in [1.29, 1.82) is 0 Å². The molecule has 0 saturated heterocycles. The van der Waals surface area contributed by atoms with Gasteiger partial charge in [0.25, 0.3) is 0 Å². The van der Waals surface area contributed by atoms with Gasteiger partial charge in [-0.15, -0.1) is 11.3 Å². The molecule has 0 radical (unpaired) electrons. The minimum Gasteiger partial charge on any atom is -0.462 e. The molecule has 2 rings (SSSR count). The summed E-state index contributed by atoms with van der Waals surface area (Å²) in [6.45, 7) is 4.43. The third-order valence-electron chi connectivity index (χ3n) is 3.58. The van der Waals surface area contributed by atoms with E-state index in [1.807, 2.05) is 6.92 Å². The van der Waals surface area contributed by atoms with Gasteiger partial charge in [0, 0.05) is 11.4 Å². The van der Waals surface area contributed by atoms with Gasteiger partial charge in [0.2, 0.25) is 5.91 Å². The standard InChI is InChI=1S/C14H20N2O3S/c1-3-9-7-10(12(17)19-4-2)11(20-9)16-13(18)14(8-15)5-6-14/h7H,3-6,8,15H2,1-2H3,(H,16,18). The van der Waals surface area contributed by atoms with Gasteiger partial charge in [-0.05, 0) is 32.3 Å². The summed E-state index contributed by atoms with van der Waals surface area (Å²) in [6, 6.07) is 1.79. The van der Waals surface area contributed by atoms with Gasteiger partial charge in [0.05, 0.1) is 17.6 Å². The molecule has 1 aromatic rings. The summed E-state index contributed by atoms with van der Waals surface area (Å²) in [5.74, 6) is -0.480. The molecule has 6 heteroatoms. The van der Waals surface area contributed by atoms with E-state index >= 15 is 0 Å². The van der Waals surface area contributed by atoms with Gasteiger partial charge in [-0.2, -0.15) is 0 Å². The molecule has 0 atom stereocenters. The zero-order chi connectivity index (χ0) is 14.8. The number of ether oxygens (including phenoxy) is 1. The Morgan fingerprint density at radius 3 is 2.65 bits per heavy atom. The van der Waals surface area contributed by atoms with Gasteiger partial charge in [0.1, 0.15) is 5.00 Å². The Balaban J connectivity index is 2.19. The third kappa shape index (κ3) is 2.86. The predicted octanol–water partition coefficient (Wildman–Crippen LogP) is 2.16. The lowest BCUT2D eigenvalue weighted by Crippen LogP contribution is -2.31. The van der Waals surface area contributed by atoms with E-state index < -0.39 is 11.4 Å². The molecule has 5 nitrogen and oxygen atoms in total. The van der Waals surface area contributed by atoms with Crippen molar-refractivity contribution in [2.24, 2.45) is 11.1 Å². The fourth-order valence-electron chi connectivity index (χ4n) is 1.98. The van der Waals surface area contributed by atoms with Crippen molar-refractivity contribution in [2.75, 3.05) is 18.5 Å². The molecule has 3 N–H and O–H groups in total. The molecule has 1 aliphatic rings. The minimum absolute atomic E-state index is 0.0879. The Labute approximate surface area is 122 Å². The molecule has 0 unspecified atom stereocenters. The summed E-state index contributed by atoms with van der Waals surface area (Å²) in [4.78, 5) is 25.2. The minimum atomic E-state index is -0.428. The number of hydrogen-bond donors (Lipinski definition) is 2. The number of carbonyl (C=O) groups is 2. The first-order valence-electron chi connectivity index (χ1n) is 6.87. The van der Waals surface area contributed by atoms with Crippen molar-refractivity contribution in [1.82, 2.24) is 0 Å². The Morgan fingerprint density at radius 2 is 2.15 bits per heavy atom. The first kappa shape index (κ1) is 15.0. The van der Waals surface area contributed by atoms with E-state index in [0.717, 1.165) is 24.1 Å². The number of thiophene rings is 1. The smallest absolute Gasteiger partial charge is 0.341 e. The third-order valence-corrected chi connectivity index (χ3v) is 4.77. The van der Waals surface area contributed by atoms with E-state index in [4.69, 9.17) is 10.5 Å². The summed E-state index contributed by atoms with van der Waals surface area (Å²) >= 11 is 1.42. The molecular formula is C14H20N2O3S. The maximum atomic E-state index is 12.2. The highest BCUT2D eigenvalue weighted by molar-refractivity contribution is 7.16. The van der Waals surface area contributed by atoms with E-state index in [2.05, 4.69) is 5.32 Å². The Bertz CT molecular complexity index is 520. The first-order chi connectivity index (χ1) is 9.56. The number of amides is 1. The number of nitrogens with one attached hydrogen (secondary N) is 1. The average Bonchev–Trinajstić information content (AvgIpc) is 3.14. The Morgan fingerprint density at radius 1 is 1.45 bits per heavy atom. The van der Waals surface area contributed by atoms with E-state index in [1.165, 1.54) is 11.3 Å². The van der Waals surface area contributed by atoms with Gasteiger partial charge < -0.3 is 15.8 Å². The SMILES string of the molecule is CCOC(=O)c1cc(CC)sc1NC(=O)C1(CN)CC1. The number of anilines is 1. The number of aryl methyl sites for hydroxylation is 1. The van der Waals surface area contributed by atoms with Gasteiger partial charge in [0.15, 0.2) is 0 Å². The zero-order valence-corrected chi connectivity index (χ0v) is 12.6. The van der Waals surface area contributed by atoms with Gasteiger partial charge >= 0.3 is 5.97 Å². The average molecular weight is 296 g/mol. The zero-order valence-electron chi connectivity index (χ0n) is 11.8. The molecule has 1 amide bonds. The van der Waals surface area contributed by atoms with Crippen molar-refractivity contribution in [3.05, 3.63) is 16.5 Å². The molecule has 1 fully saturated rings. The van der Waals surface area contributed by atoms with Crippen LogP contribution in [-0.2, 0) is 16.0 Å². The number of hydrogen-bond acceptors (Lipinski definition) is 5. The second-order valence-electron chi connectivity index (χ2n) is 4.97. The van der Waals surface area contributed by atoms with Crippen LogP contribution in [0.5, 0.6) is 0 Å². The normalized spacial score (nSPS) is 15.8. The Kier molecular flexibility index (Phi) is 4.45. The van der Waals surface area contributed by atoms with E-state index in [9.17, 15) is 9.59 Å². The number of nitrogens with two attached hydrogens (primary N) is 1. The van der Waals surface area contributed by atoms with Gasteiger partial charge in [-0.25, -0.2) is 4.79 Å². The van der Waals surface area contributed by atoms with E-state index in [1.54, 1.807) is 13.0 Å². The molecule has 0 spiro atoms. The van der Waals surface area contributed by atoms with Gasteiger partial charge in [-0.1, -0.05) is 6.92 Å². The summed E-state index contributed by atoms with van der Waals surface area (Å²) in [5, 5.41) is 3.43. The molecule has 0 bridgehead atoms. The Hall–Kier alpha value is -1.40. The van der Waals surface area contributed by atoms with Crippen molar-refractivity contribution >= 4 is 28.2 Å². The van der Waals surface area contributed by atoms with Crippen LogP contribution in [0.3, 0.4) is 0 Å². The molecule has 0 aliphatic heterocycles. The molecule has 1 aromatic heterocycles. The van der Waals surface area contributed by atoms with Crippen molar-refractivity contribution in [3.63, 3.8) is 0 Å². The monoisotopic (exact) mass is 296 g/mol. The van der Waals surface area contributed by atoms with Crippen LogP contribution in [0.1, 0.15) is 41.9 Å². The maximum absolute atomic E-state index is 12.2. The number of rotatable bonds is 6. The fraction of sp³-hybridized carbons (Fsp3) is 0.571. The van der Waals surface area contributed by atoms with Crippen molar-refractivity contribution in [2.45, 2.75) is 33.1 Å². The molecule has 0 aromatic carbocycles. The van der Waals surface area contributed by atoms with Crippen LogP contribution in [0.4, 0.5) is 5.00 Å². The van der Waals surface area contributed by atoms with Crippen LogP contribution in [0.25, 0.3) is 0 Å². The topological polar surface area (TPSA) is 81.4 Å². The molecule has 1 saturated carbocycles. The summed E-state index contributed by atoms with van der Waals surface area (Å²) in [5.41, 5.74) is 5.66. The van der Waals surface area contributed by atoms with Crippen LogP contribution >= 0.6 is 11.3 Å². The van der Waals surface area contributed by atoms with Crippen LogP contribution in [-0.4, -0.2) is 25.0 Å². The van der Waals surface area contributed by atoms with E-state index in [-0.39, 0.29) is 5.91 Å². The second kappa shape index (κ2) is 5.93. The predicted molar refractivity (Wildman–Crippen MR) is 79.0 cm³/mol. The first-order valence-corrected chi connectivity index (χ1v) is 7.69. The largest absolute Gasteiger partial charge is 0.462 e. The summed E-state index contributed by atoms with van der Waals surface area (Å²) < 4.78 is 5.03. The van der Waals surface area contributed by atoms with Crippen LogP contribution in [0.15, 0.2) is 6.07 Å². The molecule has 1 aliphatic carbocycles. The highest BCUT2D eigenvalue weighted by Gasteiger charge is 2.48. The van der Waals surface area contributed by atoms with Crippen LogP contribution < -0.4 is 11.1 Å². The lowest BCUT2D eigenvalue weighted by Gasteiger charge is -2.12. The fourth-order valence-corrected chi connectivity index (χ4v) is 2.96. The lowest BCUT2D eigenvalue weighted by atomic mass is 10.1. The summed E-state index contributed by atoms with van der Waals surface area (Å²) in [6.07, 6.45) is 2.45.